The number of nitro groups is 1. The number of carbonyl (C=O) groups excluding carboxylic acids is 1. The van der Waals surface area contributed by atoms with Gasteiger partial charge in [0.05, 0.1) is 17.8 Å². The third-order valence-electron chi connectivity index (χ3n) is 5.01. The van der Waals surface area contributed by atoms with Crippen LogP contribution < -0.4 is 4.74 Å². The molecule has 0 N–H and O–H groups in total. The topological polar surface area (TPSA) is 85.6 Å². The van der Waals surface area contributed by atoms with Crippen molar-refractivity contribution in [2.75, 3.05) is 12.9 Å². The second-order valence-electron chi connectivity index (χ2n) is 7.29. The fourth-order valence-corrected chi connectivity index (χ4v) is 4.13. The third kappa shape index (κ3) is 6.31. The van der Waals surface area contributed by atoms with Gasteiger partial charge in [-0.1, -0.05) is 36.4 Å². The van der Waals surface area contributed by atoms with Gasteiger partial charge >= 0.3 is 5.69 Å². The Morgan fingerprint density at radius 1 is 1.12 bits per heavy atom. The molecule has 0 saturated carbocycles. The first-order valence-corrected chi connectivity index (χ1v) is 11.2. The first-order valence-electron chi connectivity index (χ1n) is 10.1. The van der Waals surface area contributed by atoms with Gasteiger partial charge in [-0.15, -0.1) is 11.8 Å². The number of ether oxygens (including phenoxy) is 1. The Labute approximate surface area is 191 Å². The highest BCUT2D eigenvalue weighted by molar-refractivity contribution is 7.99. The van der Waals surface area contributed by atoms with Crippen molar-refractivity contribution in [1.82, 2.24) is 9.88 Å². The fourth-order valence-electron chi connectivity index (χ4n) is 3.25. The lowest BCUT2D eigenvalue weighted by atomic mass is 10.1. The predicted octanol–water partition coefficient (Wildman–Crippen LogP) is 4.77. The van der Waals surface area contributed by atoms with Crippen LogP contribution in [0.3, 0.4) is 0 Å². The summed E-state index contributed by atoms with van der Waals surface area (Å²) in [4.78, 5) is 29.8. The van der Waals surface area contributed by atoms with E-state index in [0.717, 1.165) is 22.3 Å². The average Bonchev–Trinajstić information content (AvgIpc) is 2.80. The lowest BCUT2D eigenvalue weighted by molar-refractivity contribution is -0.385. The Kier molecular flexibility index (Phi) is 8.21. The quantitative estimate of drug-likeness (QED) is 0.326. The zero-order valence-electron chi connectivity index (χ0n) is 18.1. The predicted molar refractivity (Wildman–Crippen MR) is 125 cm³/mol. The summed E-state index contributed by atoms with van der Waals surface area (Å²) < 4.78 is 5.04. The van der Waals surface area contributed by atoms with Crippen molar-refractivity contribution in [3.05, 3.63) is 99.4 Å². The molecule has 0 aliphatic carbocycles. The lowest BCUT2D eigenvalue weighted by Crippen LogP contribution is -2.32. The van der Waals surface area contributed by atoms with Crippen molar-refractivity contribution in [3.63, 3.8) is 0 Å². The Bertz CT molecular complexity index is 1080. The van der Waals surface area contributed by atoms with E-state index in [4.69, 9.17) is 4.74 Å². The molecule has 166 valence electrons. The molecule has 0 aliphatic heterocycles. The van der Waals surface area contributed by atoms with Gasteiger partial charge in [-0.2, -0.15) is 0 Å². The lowest BCUT2D eigenvalue weighted by Gasteiger charge is -2.24. The number of rotatable bonds is 10. The zero-order valence-corrected chi connectivity index (χ0v) is 18.9. The standard InChI is InChI=1S/C24H25N3O4S/c1-18-6-3-4-8-21(18)15-26(14-20-7-5-11-25-13-20)24(28)17-32-16-19-9-10-23(31-2)22(12-19)27(29)30/h3-13H,14-17H2,1-2H3. The normalized spacial score (nSPS) is 10.6. The molecule has 0 aliphatic rings. The van der Waals surface area contributed by atoms with Crippen molar-refractivity contribution in [2.45, 2.75) is 25.8 Å². The molecular weight excluding hydrogens is 426 g/mol. The van der Waals surface area contributed by atoms with E-state index < -0.39 is 4.92 Å². The summed E-state index contributed by atoms with van der Waals surface area (Å²) in [7, 11) is 1.40. The molecule has 1 aromatic heterocycles. The van der Waals surface area contributed by atoms with E-state index >= 15 is 0 Å². The van der Waals surface area contributed by atoms with Crippen LogP contribution in [0.5, 0.6) is 5.75 Å². The van der Waals surface area contributed by atoms with E-state index in [0.29, 0.717) is 18.8 Å². The maximum atomic E-state index is 13.1. The molecule has 0 bridgehead atoms. The maximum absolute atomic E-state index is 13.1. The largest absolute Gasteiger partial charge is 0.490 e. The molecule has 0 unspecified atom stereocenters. The minimum absolute atomic E-state index is 0.00474. The van der Waals surface area contributed by atoms with E-state index in [1.54, 1.807) is 24.5 Å². The van der Waals surface area contributed by atoms with E-state index in [2.05, 4.69) is 4.98 Å². The number of aromatic nitrogens is 1. The highest BCUT2D eigenvalue weighted by Gasteiger charge is 2.18. The average molecular weight is 452 g/mol. The molecule has 7 nitrogen and oxygen atoms in total. The number of aryl methyl sites for hydroxylation is 1. The van der Waals surface area contributed by atoms with Gasteiger partial charge in [-0.05, 0) is 41.3 Å². The van der Waals surface area contributed by atoms with Crippen LogP contribution >= 0.6 is 11.8 Å². The second-order valence-corrected chi connectivity index (χ2v) is 8.28. The smallest absolute Gasteiger partial charge is 0.311 e. The zero-order chi connectivity index (χ0) is 22.9. The number of carbonyl (C=O) groups is 1. The van der Waals surface area contributed by atoms with Crippen LogP contribution in [0.15, 0.2) is 67.0 Å². The molecule has 8 heteroatoms. The number of hydrogen-bond donors (Lipinski definition) is 0. The summed E-state index contributed by atoms with van der Waals surface area (Å²) in [5.41, 5.74) is 3.89. The summed E-state index contributed by atoms with van der Waals surface area (Å²) in [6.07, 6.45) is 3.47. The first-order chi connectivity index (χ1) is 15.5. The SMILES string of the molecule is COc1ccc(CSCC(=O)N(Cc2cccnc2)Cc2ccccc2C)cc1[N+](=O)[O-]. The van der Waals surface area contributed by atoms with Gasteiger partial charge in [0.15, 0.2) is 5.75 Å². The number of pyridine rings is 1. The summed E-state index contributed by atoms with van der Waals surface area (Å²) in [5.74, 6) is 0.985. The summed E-state index contributed by atoms with van der Waals surface area (Å²) in [5, 5.41) is 11.2. The number of hydrogen-bond acceptors (Lipinski definition) is 6. The Morgan fingerprint density at radius 3 is 2.62 bits per heavy atom. The van der Waals surface area contributed by atoms with Gasteiger partial charge in [0.2, 0.25) is 5.91 Å². The summed E-state index contributed by atoms with van der Waals surface area (Å²) in [6, 6.07) is 16.7. The minimum Gasteiger partial charge on any atom is -0.490 e. The van der Waals surface area contributed by atoms with Crippen LogP contribution in [-0.4, -0.2) is 33.6 Å². The number of benzene rings is 2. The van der Waals surface area contributed by atoms with Crippen LogP contribution in [0.1, 0.15) is 22.3 Å². The molecule has 3 rings (SSSR count). The number of methoxy groups -OCH3 is 1. The molecule has 0 atom stereocenters. The van der Waals surface area contributed by atoms with E-state index in [1.165, 1.54) is 24.9 Å². The number of amides is 1. The van der Waals surface area contributed by atoms with Gasteiger partial charge in [-0.3, -0.25) is 19.9 Å². The molecule has 0 spiro atoms. The Hall–Kier alpha value is -3.39. The molecule has 1 heterocycles. The Morgan fingerprint density at radius 2 is 1.94 bits per heavy atom. The van der Waals surface area contributed by atoms with Crippen molar-refractivity contribution in [2.24, 2.45) is 0 Å². The molecular formula is C24H25N3O4S. The number of thioether (sulfide) groups is 1. The van der Waals surface area contributed by atoms with Crippen molar-refractivity contribution in [3.8, 4) is 5.75 Å². The summed E-state index contributed by atoms with van der Waals surface area (Å²) in [6.45, 7) is 3.01. The van der Waals surface area contributed by atoms with Crippen molar-refractivity contribution in [1.29, 1.82) is 0 Å². The van der Waals surface area contributed by atoms with Crippen LogP contribution in [-0.2, 0) is 23.6 Å². The molecule has 0 fully saturated rings. The molecule has 3 aromatic rings. The molecule has 2 aromatic carbocycles. The number of nitrogens with zero attached hydrogens (tertiary/aromatic N) is 3. The molecule has 1 amide bonds. The van der Waals surface area contributed by atoms with Gasteiger partial charge in [0, 0.05) is 37.3 Å². The second kappa shape index (κ2) is 11.3. The highest BCUT2D eigenvalue weighted by Crippen LogP contribution is 2.29. The van der Waals surface area contributed by atoms with Crippen LogP contribution in [0.4, 0.5) is 5.69 Å². The van der Waals surface area contributed by atoms with Gasteiger partial charge in [0.25, 0.3) is 0 Å². The monoisotopic (exact) mass is 451 g/mol. The van der Waals surface area contributed by atoms with E-state index in [9.17, 15) is 14.9 Å². The van der Waals surface area contributed by atoms with Crippen LogP contribution in [0.2, 0.25) is 0 Å². The fraction of sp³-hybridized carbons (Fsp3) is 0.250. The van der Waals surface area contributed by atoms with Crippen LogP contribution in [0, 0.1) is 17.0 Å². The first kappa shape index (κ1) is 23.3. The van der Waals surface area contributed by atoms with Crippen molar-refractivity contribution < 1.29 is 14.5 Å². The van der Waals surface area contributed by atoms with Gasteiger partial charge in [0.1, 0.15) is 0 Å². The minimum atomic E-state index is -0.462. The van der Waals surface area contributed by atoms with Crippen molar-refractivity contribution >= 4 is 23.4 Å². The highest BCUT2D eigenvalue weighted by atomic mass is 32.2. The maximum Gasteiger partial charge on any atom is 0.311 e. The van der Waals surface area contributed by atoms with Gasteiger partial charge < -0.3 is 9.64 Å². The number of nitro benzene ring substituents is 1. The summed E-state index contributed by atoms with van der Waals surface area (Å²) >= 11 is 1.43. The van der Waals surface area contributed by atoms with Crippen LogP contribution in [0.25, 0.3) is 0 Å². The molecule has 32 heavy (non-hydrogen) atoms. The van der Waals surface area contributed by atoms with E-state index in [1.807, 2.05) is 48.2 Å². The van der Waals surface area contributed by atoms with E-state index in [-0.39, 0.29) is 23.1 Å². The van der Waals surface area contributed by atoms with Gasteiger partial charge in [-0.25, -0.2) is 0 Å². The Balaban J connectivity index is 1.67. The molecule has 0 radical (unpaired) electrons. The molecule has 0 saturated heterocycles. The third-order valence-corrected chi connectivity index (χ3v) is 5.99.